The molecule has 0 saturated carbocycles. The number of rotatable bonds is 54. The van der Waals surface area contributed by atoms with Gasteiger partial charge in [-0.3, -0.25) is 9.36 Å². The Kier molecular flexibility index (Phi) is 52.2. The third-order valence-electron chi connectivity index (χ3n) is 12.4. The van der Waals surface area contributed by atoms with Crippen LogP contribution in [0.5, 0.6) is 0 Å². The van der Waals surface area contributed by atoms with Gasteiger partial charge in [-0.15, -0.1) is 0 Å². The molecule has 9 heteroatoms. The number of carbonyl (C=O) groups excluding carboxylic acids is 1. The van der Waals surface area contributed by atoms with Crippen molar-refractivity contribution in [2.75, 3.05) is 54.1 Å². The third kappa shape index (κ3) is 58.4. The van der Waals surface area contributed by atoms with Gasteiger partial charge in [0.05, 0.1) is 34.4 Å². The number of esters is 1. The Balaban J connectivity index is 4.12. The number of hydrogen-bond acceptors (Lipinski definition) is 7. The van der Waals surface area contributed by atoms with Crippen LogP contribution in [-0.4, -0.2) is 70.7 Å². The fourth-order valence-corrected chi connectivity index (χ4v) is 8.69. The Labute approximate surface area is 439 Å². The largest absolute Gasteiger partial charge is 0.756 e. The van der Waals surface area contributed by atoms with Gasteiger partial charge in [-0.1, -0.05) is 234 Å². The number of nitrogens with zero attached hydrogens (tertiary/aromatic N) is 1. The quantitative estimate of drug-likeness (QED) is 0.0197. The molecular weight excluding hydrogens is 902 g/mol. The summed E-state index contributed by atoms with van der Waals surface area (Å²) in [5, 5.41) is 0. The number of phosphoric acid groups is 1. The summed E-state index contributed by atoms with van der Waals surface area (Å²) in [6.07, 6.45) is 73.4. The van der Waals surface area contributed by atoms with E-state index in [-0.39, 0.29) is 25.8 Å². The van der Waals surface area contributed by atoms with Gasteiger partial charge in [0, 0.05) is 13.0 Å². The Morgan fingerprint density at radius 3 is 1.24 bits per heavy atom. The van der Waals surface area contributed by atoms with E-state index < -0.39 is 13.9 Å². The number of likely N-dealkylation sites (N-methyl/N-ethyl adjacent to an activating group) is 1. The first-order chi connectivity index (χ1) is 34.6. The maximum atomic E-state index is 12.8. The lowest BCUT2D eigenvalue weighted by atomic mass is 10.0. The van der Waals surface area contributed by atoms with Crippen molar-refractivity contribution in [3.8, 4) is 0 Å². The van der Waals surface area contributed by atoms with E-state index in [0.29, 0.717) is 24.1 Å². The SMILES string of the molecule is CC/C=C\C/C=C\C/C=C\C/C=C\C/C=C\C/C=C\CCCCCCCCCOCC(COP(=O)([O-])OCC[N+](C)(C)C)OC(=O)CCCCCCCCCCCCC/C=C\CCCCCCCCCC. The molecule has 0 aliphatic heterocycles. The molecule has 0 spiro atoms. The standard InChI is InChI=1S/C62H112NO7P/c1-6-8-10-12-14-16-18-20-22-24-26-28-30-31-32-34-36-38-40-42-44-46-48-50-52-54-57-67-59-61(60-69-71(65,66)68-58-56-63(3,4)5)70-62(64)55-53-51-49-47-45-43-41-39-37-35-33-29-27-25-23-21-19-17-15-13-11-9-7-2/h8,10,14,16,20,22,25-28,31-32,36,38,61H,6-7,9,11-13,15,17-19,21,23-24,29-30,33-35,37,39-60H2,1-5H3/b10-8-,16-14-,22-20-,27-25-,28-26-,32-31-,38-36-. The van der Waals surface area contributed by atoms with E-state index >= 15 is 0 Å². The summed E-state index contributed by atoms with van der Waals surface area (Å²) in [6, 6.07) is 0. The van der Waals surface area contributed by atoms with E-state index in [9.17, 15) is 14.3 Å². The molecule has 0 bridgehead atoms. The molecule has 0 aliphatic carbocycles. The first-order valence-electron chi connectivity index (χ1n) is 29.3. The summed E-state index contributed by atoms with van der Waals surface area (Å²) in [7, 11) is 1.34. The van der Waals surface area contributed by atoms with Crippen LogP contribution < -0.4 is 4.89 Å². The Morgan fingerprint density at radius 2 is 0.817 bits per heavy atom. The normalized spacial score (nSPS) is 14.1. The minimum Gasteiger partial charge on any atom is -0.756 e. The fourth-order valence-electron chi connectivity index (χ4n) is 7.96. The van der Waals surface area contributed by atoms with Gasteiger partial charge < -0.3 is 27.9 Å². The Morgan fingerprint density at radius 1 is 0.451 bits per heavy atom. The van der Waals surface area contributed by atoms with Crippen molar-refractivity contribution >= 4 is 13.8 Å². The average Bonchev–Trinajstić information content (AvgIpc) is 3.33. The molecule has 0 aromatic carbocycles. The van der Waals surface area contributed by atoms with E-state index in [1.165, 1.54) is 141 Å². The molecule has 0 rings (SSSR count). The van der Waals surface area contributed by atoms with E-state index in [1.54, 1.807) is 0 Å². The van der Waals surface area contributed by atoms with Crippen molar-refractivity contribution in [3.63, 3.8) is 0 Å². The van der Waals surface area contributed by atoms with Gasteiger partial charge in [-0.25, -0.2) is 0 Å². The minimum absolute atomic E-state index is 0.0201. The second kappa shape index (κ2) is 54.0. The van der Waals surface area contributed by atoms with Crippen LogP contribution in [-0.2, 0) is 27.9 Å². The van der Waals surface area contributed by atoms with Gasteiger partial charge in [-0.2, -0.15) is 0 Å². The highest BCUT2D eigenvalue weighted by Crippen LogP contribution is 2.38. The molecule has 0 amide bonds. The molecule has 8 nitrogen and oxygen atoms in total. The number of phosphoric ester groups is 1. The molecule has 0 fully saturated rings. The van der Waals surface area contributed by atoms with Crippen LogP contribution in [0, 0.1) is 0 Å². The maximum Gasteiger partial charge on any atom is 0.306 e. The monoisotopic (exact) mass is 1010 g/mol. The number of allylic oxidation sites excluding steroid dienone is 14. The van der Waals surface area contributed by atoms with Gasteiger partial charge in [0.25, 0.3) is 7.82 Å². The molecule has 0 heterocycles. The summed E-state index contributed by atoms with van der Waals surface area (Å²) in [5.74, 6) is -0.339. The summed E-state index contributed by atoms with van der Waals surface area (Å²) in [5.41, 5.74) is 0. The second-order valence-electron chi connectivity index (χ2n) is 20.6. The van der Waals surface area contributed by atoms with E-state index in [1.807, 2.05) is 21.1 Å². The zero-order valence-electron chi connectivity index (χ0n) is 46.9. The van der Waals surface area contributed by atoms with Gasteiger partial charge in [-0.05, 0) is 89.9 Å². The molecule has 2 unspecified atom stereocenters. The summed E-state index contributed by atoms with van der Waals surface area (Å²) < 4.78 is 34.9. The number of hydrogen-bond donors (Lipinski definition) is 0. The van der Waals surface area contributed by atoms with Crippen LogP contribution in [0.3, 0.4) is 0 Å². The zero-order chi connectivity index (χ0) is 51.9. The van der Waals surface area contributed by atoms with Gasteiger partial charge in [0.1, 0.15) is 19.3 Å². The highest BCUT2D eigenvalue weighted by Gasteiger charge is 2.20. The Hall–Kier alpha value is -2.32. The van der Waals surface area contributed by atoms with Crippen molar-refractivity contribution in [3.05, 3.63) is 85.1 Å². The molecule has 412 valence electrons. The molecule has 0 radical (unpaired) electrons. The lowest BCUT2D eigenvalue weighted by Gasteiger charge is -2.28. The van der Waals surface area contributed by atoms with Crippen molar-refractivity contribution < 1.29 is 37.3 Å². The molecule has 0 saturated heterocycles. The molecule has 71 heavy (non-hydrogen) atoms. The number of ether oxygens (including phenoxy) is 2. The van der Waals surface area contributed by atoms with Crippen molar-refractivity contribution in [1.29, 1.82) is 0 Å². The topological polar surface area (TPSA) is 94.1 Å². The molecule has 2 atom stereocenters. The average molecular weight is 1010 g/mol. The lowest BCUT2D eigenvalue weighted by molar-refractivity contribution is -0.870. The van der Waals surface area contributed by atoms with Crippen molar-refractivity contribution in [2.45, 2.75) is 251 Å². The van der Waals surface area contributed by atoms with Gasteiger partial charge in [0.15, 0.2) is 0 Å². The fraction of sp³-hybridized carbons (Fsp3) is 0.758. The predicted octanol–water partition coefficient (Wildman–Crippen LogP) is 18.1. The van der Waals surface area contributed by atoms with Gasteiger partial charge >= 0.3 is 5.97 Å². The summed E-state index contributed by atoms with van der Waals surface area (Å²) >= 11 is 0. The van der Waals surface area contributed by atoms with E-state index in [4.69, 9.17) is 18.5 Å². The van der Waals surface area contributed by atoms with Crippen LogP contribution in [0.1, 0.15) is 245 Å². The van der Waals surface area contributed by atoms with Crippen LogP contribution in [0.2, 0.25) is 0 Å². The molecular formula is C62H112NO7P. The van der Waals surface area contributed by atoms with Crippen molar-refractivity contribution in [1.82, 2.24) is 0 Å². The number of unbranched alkanes of at least 4 members (excludes halogenated alkanes) is 26. The van der Waals surface area contributed by atoms with E-state index in [2.05, 4.69) is 98.9 Å². The maximum absolute atomic E-state index is 12.8. The summed E-state index contributed by atoms with van der Waals surface area (Å²) in [4.78, 5) is 25.3. The van der Waals surface area contributed by atoms with Crippen LogP contribution >= 0.6 is 7.82 Å². The number of quaternary nitrogens is 1. The van der Waals surface area contributed by atoms with Crippen LogP contribution in [0.4, 0.5) is 0 Å². The van der Waals surface area contributed by atoms with Crippen LogP contribution in [0.15, 0.2) is 85.1 Å². The highest BCUT2D eigenvalue weighted by atomic mass is 31.2. The minimum atomic E-state index is -4.54. The molecule has 0 N–H and O–H groups in total. The highest BCUT2D eigenvalue weighted by molar-refractivity contribution is 7.45. The first kappa shape index (κ1) is 68.7. The third-order valence-corrected chi connectivity index (χ3v) is 13.4. The van der Waals surface area contributed by atoms with Gasteiger partial charge in [0.2, 0.25) is 0 Å². The number of carbonyl (C=O) groups is 1. The van der Waals surface area contributed by atoms with Crippen molar-refractivity contribution in [2.24, 2.45) is 0 Å². The molecule has 0 aliphatic rings. The second-order valence-corrected chi connectivity index (χ2v) is 22.0. The lowest BCUT2D eigenvalue weighted by Crippen LogP contribution is -2.37. The summed E-state index contributed by atoms with van der Waals surface area (Å²) in [6.45, 7) is 5.29. The van der Waals surface area contributed by atoms with E-state index in [0.717, 1.165) is 83.5 Å². The molecule has 0 aromatic rings. The molecule has 0 aromatic heterocycles. The van der Waals surface area contributed by atoms with Crippen LogP contribution in [0.25, 0.3) is 0 Å². The zero-order valence-corrected chi connectivity index (χ0v) is 47.8. The smallest absolute Gasteiger partial charge is 0.306 e. The first-order valence-corrected chi connectivity index (χ1v) is 30.8. The predicted molar refractivity (Wildman–Crippen MR) is 305 cm³/mol. The Bertz CT molecular complexity index is 1410.